The Labute approximate surface area is 153 Å². The summed E-state index contributed by atoms with van der Waals surface area (Å²) in [5.41, 5.74) is 0.102. The minimum absolute atomic E-state index is 0.0595. The summed E-state index contributed by atoms with van der Waals surface area (Å²) in [6.07, 6.45) is 2.56. The van der Waals surface area contributed by atoms with Crippen LogP contribution in [0.5, 0.6) is 17.2 Å². The van der Waals surface area contributed by atoms with E-state index in [4.69, 9.17) is 14.2 Å². The van der Waals surface area contributed by atoms with E-state index in [1.54, 1.807) is 24.3 Å². The van der Waals surface area contributed by atoms with Crippen molar-refractivity contribution in [3.63, 3.8) is 0 Å². The summed E-state index contributed by atoms with van der Waals surface area (Å²) in [6.45, 7) is 8.54. The highest BCUT2D eigenvalue weighted by Crippen LogP contribution is 2.22. The molecular formula is C21H23FO4. The van der Waals surface area contributed by atoms with Gasteiger partial charge in [0.15, 0.2) is 11.6 Å². The molecule has 0 N–H and O–H groups in total. The van der Waals surface area contributed by atoms with E-state index in [9.17, 15) is 9.18 Å². The number of hydrogen-bond donors (Lipinski definition) is 0. The Morgan fingerprint density at radius 3 is 2.46 bits per heavy atom. The van der Waals surface area contributed by atoms with Gasteiger partial charge in [0.05, 0.1) is 12.2 Å². The van der Waals surface area contributed by atoms with Crippen molar-refractivity contribution in [3.8, 4) is 17.2 Å². The van der Waals surface area contributed by atoms with Gasteiger partial charge in [0.2, 0.25) is 0 Å². The summed E-state index contributed by atoms with van der Waals surface area (Å²) in [7, 11) is 0. The van der Waals surface area contributed by atoms with Crippen LogP contribution in [0.4, 0.5) is 4.39 Å². The molecule has 0 fully saturated rings. The highest BCUT2D eigenvalue weighted by atomic mass is 19.1. The predicted molar refractivity (Wildman–Crippen MR) is 98.4 cm³/mol. The monoisotopic (exact) mass is 358 g/mol. The molecule has 0 radical (unpaired) electrons. The van der Waals surface area contributed by atoms with E-state index in [0.29, 0.717) is 24.0 Å². The average molecular weight is 358 g/mol. The number of esters is 1. The molecule has 0 aromatic heterocycles. The van der Waals surface area contributed by atoms with Crippen LogP contribution in [0.25, 0.3) is 0 Å². The number of rotatable bonds is 9. The third-order valence-corrected chi connectivity index (χ3v) is 3.79. The number of halogens is 1. The molecule has 0 aliphatic carbocycles. The second kappa shape index (κ2) is 9.61. The average Bonchev–Trinajstić information content (AvgIpc) is 2.66. The molecule has 2 aromatic carbocycles. The summed E-state index contributed by atoms with van der Waals surface area (Å²) < 4.78 is 30.0. The van der Waals surface area contributed by atoms with E-state index >= 15 is 0 Å². The maximum absolute atomic E-state index is 13.9. The number of carbonyl (C=O) groups excluding carboxylic acids is 1. The van der Waals surface area contributed by atoms with Crippen LogP contribution < -0.4 is 14.2 Å². The van der Waals surface area contributed by atoms with Gasteiger partial charge in [0.25, 0.3) is 0 Å². The van der Waals surface area contributed by atoms with Gasteiger partial charge < -0.3 is 14.2 Å². The van der Waals surface area contributed by atoms with Crippen LogP contribution in [0.2, 0.25) is 0 Å². The minimum atomic E-state index is -0.646. The first-order chi connectivity index (χ1) is 12.5. The molecule has 0 saturated heterocycles. The Balaban J connectivity index is 1.96. The van der Waals surface area contributed by atoms with Gasteiger partial charge in [-0.1, -0.05) is 32.9 Å². The second-order valence-corrected chi connectivity index (χ2v) is 5.93. The standard InChI is InChI=1S/C21H23FO4/c1-4-12-24-20-11-6-16(13-19(20)22)21(23)26-18-9-7-17(8-10-18)25-14-15(3)5-2/h4,6-11,13,15H,1,5,12,14H2,2-3H3/t15-/m0/s1. The Hall–Kier alpha value is -2.82. The van der Waals surface area contributed by atoms with Crippen molar-refractivity contribution in [1.29, 1.82) is 0 Å². The molecular weight excluding hydrogens is 335 g/mol. The third kappa shape index (κ3) is 5.62. The number of ether oxygens (including phenoxy) is 3. The summed E-state index contributed by atoms with van der Waals surface area (Å²) in [5, 5.41) is 0. The normalized spacial score (nSPS) is 11.5. The van der Waals surface area contributed by atoms with Gasteiger partial charge in [-0.3, -0.25) is 0 Å². The second-order valence-electron chi connectivity index (χ2n) is 5.93. The Kier molecular flexibility index (Phi) is 7.21. The van der Waals surface area contributed by atoms with Crippen LogP contribution >= 0.6 is 0 Å². The molecule has 0 spiro atoms. The summed E-state index contributed by atoms with van der Waals surface area (Å²) in [5.74, 6) is 0.325. The number of carbonyl (C=O) groups is 1. The number of benzene rings is 2. The molecule has 4 nitrogen and oxygen atoms in total. The van der Waals surface area contributed by atoms with Gasteiger partial charge in [0, 0.05) is 0 Å². The molecule has 0 saturated carbocycles. The summed E-state index contributed by atoms with van der Waals surface area (Å²) in [6, 6.07) is 10.7. The van der Waals surface area contributed by atoms with Crippen LogP contribution in [0, 0.1) is 11.7 Å². The fourth-order valence-electron chi connectivity index (χ4n) is 2.02. The SMILES string of the molecule is C=CCOc1ccc(C(=O)Oc2ccc(OC[C@@H](C)CC)cc2)cc1F. The molecule has 0 aliphatic rings. The van der Waals surface area contributed by atoms with Crippen LogP contribution in [-0.2, 0) is 0 Å². The third-order valence-electron chi connectivity index (χ3n) is 3.79. The lowest BCUT2D eigenvalue weighted by Gasteiger charge is -2.11. The molecule has 2 rings (SSSR count). The lowest BCUT2D eigenvalue weighted by molar-refractivity contribution is 0.0734. The first-order valence-corrected chi connectivity index (χ1v) is 8.51. The van der Waals surface area contributed by atoms with Crippen LogP contribution in [-0.4, -0.2) is 19.2 Å². The predicted octanol–water partition coefficient (Wildman–Crippen LogP) is 5.03. The molecule has 0 unspecified atom stereocenters. The molecule has 2 aromatic rings. The fraction of sp³-hybridized carbons (Fsp3) is 0.286. The maximum atomic E-state index is 13.9. The van der Waals surface area contributed by atoms with Gasteiger partial charge in [-0.25, -0.2) is 9.18 Å². The van der Waals surface area contributed by atoms with Crippen LogP contribution in [0.1, 0.15) is 30.6 Å². The molecule has 1 atom stereocenters. The van der Waals surface area contributed by atoms with Crippen LogP contribution in [0.15, 0.2) is 55.1 Å². The molecule has 138 valence electrons. The lowest BCUT2D eigenvalue weighted by atomic mass is 10.1. The molecule has 0 aliphatic heterocycles. The zero-order valence-corrected chi connectivity index (χ0v) is 15.0. The van der Waals surface area contributed by atoms with Gasteiger partial charge in [-0.15, -0.1) is 0 Å². The fourth-order valence-corrected chi connectivity index (χ4v) is 2.02. The largest absolute Gasteiger partial charge is 0.493 e. The van der Waals surface area contributed by atoms with E-state index in [-0.39, 0.29) is 17.9 Å². The number of hydrogen-bond acceptors (Lipinski definition) is 4. The molecule has 0 heterocycles. The Bertz CT molecular complexity index is 740. The molecule has 26 heavy (non-hydrogen) atoms. The van der Waals surface area contributed by atoms with E-state index in [0.717, 1.165) is 12.5 Å². The topological polar surface area (TPSA) is 44.8 Å². The van der Waals surface area contributed by atoms with E-state index in [2.05, 4.69) is 20.4 Å². The van der Waals surface area contributed by atoms with Gasteiger partial charge in [-0.2, -0.15) is 0 Å². The summed E-state index contributed by atoms with van der Waals surface area (Å²) in [4.78, 5) is 12.2. The van der Waals surface area contributed by atoms with Crippen molar-refractivity contribution < 1.29 is 23.4 Å². The summed E-state index contributed by atoms with van der Waals surface area (Å²) >= 11 is 0. The van der Waals surface area contributed by atoms with Crippen molar-refractivity contribution in [2.45, 2.75) is 20.3 Å². The zero-order valence-electron chi connectivity index (χ0n) is 15.0. The Morgan fingerprint density at radius 2 is 1.85 bits per heavy atom. The quantitative estimate of drug-likeness (QED) is 0.358. The smallest absolute Gasteiger partial charge is 0.343 e. The van der Waals surface area contributed by atoms with Crippen molar-refractivity contribution in [1.82, 2.24) is 0 Å². The highest BCUT2D eigenvalue weighted by Gasteiger charge is 2.13. The Morgan fingerprint density at radius 1 is 1.15 bits per heavy atom. The van der Waals surface area contributed by atoms with Gasteiger partial charge in [0.1, 0.15) is 18.1 Å². The van der Waals surface area contributed by atoms with E-state index in [1.165, 1.54) is 18.2 Å². The van der Waals surface area contributed by atoms with Gasteiger partial charge in [-0.05, 0) is 48.4 Å². The van der Waals surface area contributed by atoms with E-state index in [1.807, 2.05) is 0 Å². The molecule has 0 bridgehead atoms. The maximum Gasteiger partial charge on any atom is 0.343 e. The molecule has 0 amide bonds. The first kappa shape index (κ1) is 19.5. The first-order valence-electron chi connectivity index (χ1n) is 8.51. The van der Waals surface area contributed by atoms with Gasteiger partial charge >= 0.3 is 5.97 Å². The van der Waals surface area contributed by atoms with E-state index < -0.39 is 11.8 Å². The molecule has 5 heteroatoms. The van der Waals surface area contributed by atoms with Crippen molar-refractivity contribution in [2.75, 3.05) is 13.2 Å². The van der Waals surface area contributed by atoms with Crippen molar-refractivity contribution in [2.24, 2.45) is 5.92 Å². The highest BCUT2D eigenvalue weighted by molar-refractivity contribution is 5.91. The zero-order chi connectivity index (χ0) is 18.9. The minimum Gasteiger partial charge on any atom is -0.493 e. The lowest BCUT2D eigenvalue weighted by Crippen LogP contribution is -2.09. The van der Waals surface area contributed by atoms with Crippen LogP contribution in [0.3, 0.4) is 0 Å². The van der Waals surface area contributed by atoms with Crippen molar-refractivity contribution >= 4 is 5.97 Å². The van der Waals surface area contributed by atoms with Crippen molar-refractivity contribution in [3.05, 3.63) is 66.5 Å².